The predicted molar refractivity (Wildman–Crippen MR) is 128 cm³/mol. The molecule has 0 spiro atoms. The lowest BCUT2D eigenvalue weighted by atomic mass is 9.87. The third-order valence-electron chi connectivity index (χ3n) is 7.28. The molecule has 0 atom stereocenters. The Balaban J connectivity index is 1.27. The average Bonchev–Trinajstić information content (AvgIpc) is 2.81. The molecular weight excluding hydrogens is 387 g/mol. The van der Waals surface area contributed by atoms with Crippen molar-refractivity contribution in [1.82, 2.24) is 10.2 Å². The number of aliphatic imine (C=N–C) groups is 1. The first-order chi connectivity index (χ1) is 15.2. The van der Waals surface area contributed by atoms with Gasteiger partial charge in [-0.2, -0.15) is 0 Å². The van der Waals surface area contributed by atoms with E-state index < -0.39 is 0 Å². The zero-order chi connectivity index (χ0) is 21.5. The van der Waals surface area contributed by atoms with E-state index in [4.69, 9.17) is 4.99 Å². The first kappa shape index (κ1) is 22.3. The lowest BCUT2D eigenvalue weighted by Crippen LogP contribution is -2.41. The van der Waals surface area contributed by atoms with Crippen LogP contribution in [-0.2, 0) is 0 Å². The molecule has 4 rings (SSSR count). The number of amidine groups is 1. The van der Waals surface area contributed by atoms with E-state index >= 15 is 0 Å². The summed E-state index contributed by atoms with van der Waals surface area (Å²) in [5.74, 6) is 2.81. The fraction of sp³-hybridized carbons (Fsp3) is 0.654. The molecule has 31 heavy (non-hydrogen) atoms. The second kappa shape index (κ2) is 11.1. The molecule has 3 aliphatic heterocycles. The van der Waals surface area contributed by atoms with Gasteiger partial charge < -0.3 is 15.1 Å². The highest BCUT2D eigenvalue weighted by Gasteiger charge is 2.24. The van der Waals surface area contributed by atoms with Crippen molar-refractivity contribution in [3.05, 3.63) is 41.9 Å². The summed E-state index contributed by atoms with van der Waals surface area (Å²) >= 11 is 0. The van der Waals surface area contributed by atoms with Crippen LogP contribution < -0.4 is 10.2 Å². The number of likely N-dealkylation sites (tertiary alicyclic amines) is 1. The molecule has 170 valence electrons. The van der Waals surface area contributed by atoms with Crippen molar-refractivity contribution in [2.24, 2.45) is 16.8 Å². The van der Waals surface area contributed by atoms with Gasteiger partial charge in [0.15, 0.2) is 0 Å². The van der Waals surface area contributed by atoms with Gasteiger partial charge in [-0.15, -0.1) is 0 Å². The molecule has 0 saturated carbocycles. The maximum Gasteiger partial charge on any atom is 0.127 e. The fourth-order valence-electron chi connectivity index (χ4n) is 5.35. The van der Waals surface area contributed by atoms with Crippen LogP contribution in [0.1, 0.15) is 64.7 Å². The highest BCUT2D eigenvalue weighted by molar-refractivity contribution is 5.95. The van der Waals surface area contributed by atoms with Crippen molar-refractivity contribution >= 4 is 11.5 Å². The molecule has 0 amide bonds. The molecule has 1 aromatic carbocycles. The minimum absolute atomic E-state index is 0.190. The summed E-state index contributed by atoms with van der Waals surface area (Å²) < 4.78 is 13.3. The molecule has 0 aliphatic carbocycles. The number of nitrogens with one attached hydrogen (secondary N) is 1. The van der Waals surface area contributed by atoms with Crippen molar-refractivity contribution in [1.29, 1.82) is 0 Å². The largest absolute Gasteiger partial charge is 0.357 e. The molecule has 0 bridgehead atoms. The Bertz CT molecular complexity index is 743. The molecule has 5 heteroatoms. The quantitative estimate of drug-likeness (QED) is 0.619. The van der Waals surface area contributed by atoms with Gasteiger partial charge in [-0.05, 0) is 87.4 Å². The fourth-order valence-corrected chi connectivity index (χ4v) is 5.35. The number of nitrogens with zero attached hydrogens (tertiary/aromatic N) is 3. The Kier molecular flexibility index (Phi) is 8.01. The van der Waals surface area contributed by atoms with E-state index in [0.29, 0.717) is 6.67 Å². The average molecular weight is 427 g/mol. The Hall–Kier alpha value is -1.88. The van der Waals surface area contributed by atoms with E-state index in [1.54, 1.807) is 0 Å². The summed E-state index contributed by atoms with van der Waals surface area (Å²) in [7, 11) is 0. The molecule has 1 aromatic rings. The predicted octanol–water partition coefficient (Wildman–Crippen LogP) is 5.57. The molecule has 0 aromatic heterocycles. The van der Waals surface area contributed by atoms with Crippen LogP contribution in [0.2, 0.25) is 0 Å². The van der Waals surface area contributed by atoms with E-state index in [1.165, 1.54) is 75.9 Å². The van der Waals surface area contributed by atoms with Crippen molar-refractivity contribution in [3.63, 3.8) is 0 Å². The topological polar surface area (TPSA) is 30.9 Å². The number of halogens is 1. The zero-order valence-corrected chi connectivity index (χ0v) is 19.2. The van der Waals surface area contributed by atoms with Crippen LogP contribution in [-0.4, -0.2) is 43.6 Å². The summed E-state index contributed by atoms with van der Waals surface area (Å²) in [6.07, 6.45) is 14.0. The Morgan fingerprint density at radius 2 is 1.68 bits per heavy atom. The molecule has 2 saturated heterocycles. The van der Waals surface area contributed by atoms with E-state index in [1.807, 2.05) is 12.1 Å². The lowest BCUT2D eigenvalue weighted by Gasteiger charge is -2.37. The number of rotatable bonds is 7. The second-order valence-electron chi connectivity index (χ2n) is 9.50. The molecule has 4 nitrogen and oxygen atoms in total. The number of allylic oxidation sites excluding steroid dienone is 1. The van der Waals surface area contributed by atoms with E-state index in [2.05, 4.69) is 28.1 Å². The maximum absolute atomic E-state index is 13.3. The van der Waals surface area contributed by atoms with E-state index in [0.717, 1.165) is 49.3 Å². The number of benzene rings is 1. The third-order valence-corrected chi connectivity index (χ3v) is 7.28. The normalized spacial score (nSPS) is 21.2. The van der Waals surface area contributed by atoms with Crippen LogP contribution in [0.15, 0.2) is 41.0 Å². The van der Waals surface area contributed by atoms with Gasteiger partial charge in [0.2, 0.25) is 0 Å². The van der Waals surface area contributed by atoms with E-state index in [-0.39, 0.29) is 5.82 Å². The van der Waals surface area contributed by atoms with Gasteiger partial charge in [0, 0.05) is 24.5 Å². The summed E-state index contributed by atoms with van der Waals surface area (Å²) in [6.45, 7) is 7.54. The van der Waals surface area contributed by atoms with Crippen LogP contribution >= 0.6 is 0 Å². The molecular formula is C26H39FN4. The van der Waals surface area contributed by atoms with Gasteiger partial charge in [0.05, 0.1) is 0 Å². The maximum atomic E-state index is 13.3. The molecule has 2 fully saturated rings. The standard InChI is InChI=1S/C26H39FN4/c1-2-4-25-19-26(29-20-31(25)24-9-7-23(27)8-10-24)30-17-13-22(14-18-30)6-3-5-21-11-15-28-16-12-21/h7-10,19,21-22,28H,2-6,11-18,20H2,1H3. The minimum Gasteiger partial charge on any atom is -0.357 e. The van der Waals surface area contributed by atoms with Gasteiger partial charge in [0.1, 0.15) is 18.3 Å². The summed E-state index contributed by atoms with van der Waals surface area (Å²) in [5.41, 5.74) is 2.32. The number of piperidine rings is 2. The number of hydrogen-bond acceptors (Lipinski definition) is 4. The summed E-state index contributed by atoms with van der Waals surface area (Å²) in [5, 5.41) is 3.48. The van der Waals surface area contributed by atoms with Gasteiger partial charge in [-0.3, -0.25) is 0 Å². The summed E-state index contributed by atoms with van der Waals surface area (Å²) in [6, 6.07) is 6.78. The van der Waals surface area contributed by atoms with Gasteiger partial charge in [-0.1, -0.05) is 32.6 Å². The smallest absolute Gasteiger partial charge is 0.127 e. The number of hydrogen-bond donors (Lipinski definition) is 1. The van der Waals surface area contributed by atoms with Crippen molar-refractivity contribution in [2.75, 3.05) is 37.7 Å². The van der Waals surface area contributed by atoms with Crippen LogP contribution in [0.25, 0.3) is 0 Å². The Morgan fingerprint density at radius 3 is 2.35 bits per heavy atom. The Morgan fingerprint density at radius 1 is 1.00 bits per heavy atom. The lowest BCUT2D eigenvalue weighted by molar-refractivity contribution is 0.244. The van der Waals surface area contributed by atoms with Gasteiger partial charge in [0.25, 0.3) is 0 Å². The second-order valence-corrected chi connectivity index (χ2v) is 9.50. The van der Waals surface area contributed by atoms with E-state index in [9.17, 15) is 4.39 Å². The SMILES string of the molecule is CCCC1=CC(N2CCC(CCCC3CCNCC3)CC2)=NCN1c1ccc(F)cc1. The molecule has 1 N–H and O–H groups in total. The first-order valence-corrected chi connectivity index (χ1v) is 12.5. The van der Waals surface area contributed by atoms with Crippen LogP contribution in [0.4, 0.5) is 10.1 Å². The molecule has 3 aliphatic rings. The van der Waals surface area contributed by atoms with Crippen molar-refractivity contribution in [2.45, 2.75) is 64.7 Å². The molecule has 0 unspecified atom stereocenters. The van der Waals surface area contributed by atoms with Crippen molar-refractivity contribution in [3.8, 4) is 0 Å². The van der Waals surface area contributed by atoms with Crippen LogP contribution in [0.5, 0.6) is 0 Å². The van der Waals surface area contributed by atoms with Crippen LogP contribution in [0, 0.1) is 17.7 Å². The molecule has 0 radical (unpaired) electrons. The third kappa shape index (κ3) is 6.09. The minimum atomic E-state index is -0.190. The molecule has 3 heterocycles. The zero-order valence-electron chi connectivity index (χ0n) is 19.2. The Labute approximate surface area is 187 Å². The van der Waals surface area contributed by atoms with Gasteiger partial charge in [-0.25, -0.2) is 9.38 Å². The van der Waals surface area contributed by atoms with Gasteiger partial charge >= 0.3 is 0 Å². The van der Waals surface area contributed by atoms with Crippen molar-refractivity contribution < 1.29 is 4.39 Å². The number of anilines is 1. The highest BCUT2D eigenvalue weighted by Crippen LogP contribution is 2.29. The monoisotopic (exact) mass is 426 g/mol. The first-order valence-electron chi connectivity index (χ1n) is 12.5. The van der Waals surface area contributed by atoms with Crippen LogP contribution in [0.3, 0.4) is 0 Å². The highest BCUT2D eigenvalue weighted by atomic mass is 19.1. The summed E-state index contributed by atoms with van der Waals surface area (Å²) in [4.78, 5) is 9.62.